The van der Waals surface area contributed by atoms with Crippen LogP contribution < -0.4 is 15.4 Å². The number of hydrogen-bond donors (Lipinski definition) is 2. The highest BCUT2D eigenvalue weighted by molar-refractivity contribution is 14.0. The van der Waals surface area contributed by atoms with Gasteiger partial charge in [0.2, 0.25) is 0 Å². The van der Waals surface area contributed by atoms with Gasteiger partial charge in [0.1, 0.15) is 5.75 Å². The molecule has 1 unspecified atom stereocenters. The third kappa shape index (κ3) is 8.19. The number of nitrogens with one attached hydrogen (secondary N) is 2. The summed E-state index contributed by atoms with van der Waals surface area (Å²) >= 11 is 0. The maximum absolute atomic E-state index is 5.72. The first-order chi connectivity index (χ1) is 11.3. The van der Waals surface area contributed by atoms with Gasteiger partial charge in [0.05, 0.1) is 19.3 Å². The Morgan fingerprint density at radius 1 is 1.29 bits per heavy atom. The van der Waals surface area contributed by atoms with Crippen molar-refractivity contribution in [1.29, 1.82) is 0 Å². The predicted molar refractivity (Wildman–Crippen MR) is 110 cm³/mol. The molecule has 0 saturated carbocycles. The number of ether oxygens (including phenoxy) is 2. The average molecular weight is 447 g/mol. The first kappa shape index (κ1) is 21.0. The summed E-state index contributed by atoms with van der Waals surface area (Å²) in [6.07, 6.45) is 3.49. The van der Waals surface area contributed by atoms with Gasteiger partial charge < -0.3 is 20.1 Å². The molecule has 1 saturated heterocycles. The Morgan fingerprint density at radius 3 is 2.75 bits per heavy atom. The summed E-state index contributed by atoms with van der Waals surface area (Å²) in [5.41, 5.74) is 1.25. The molecule has 1 aliphatic heterocycles. The first-order valence-electron chi connectivity index (χ1n) is 8.61. The molecule has 0 radical (unpaired) electrons. The first-order valence-corrected chi connectivity index (χ1v) is 8.61. The SMILES string of the molecule is CCNC(=NCC1CCCO1)NCCCOc1ccc(C)cc1.I. The molecule has 1 heterocycles. The van der Waals surface area contributed by atoms with Gasteiger partial charge in [-0.2, -0.15) is 0 Å². The van der Waals surface area contributed by atoms with E-state index in [4.69, 9.17) is 9.47 Å². The second-order valence-electron chi connectivity index (χ2n) is 5.80. The smallest absolute Gasteiger partial charge is 0.191 e. The summed E-state index contributed by atoms with van der Waals surface area (Å²) in [6.45, 7) is 8.15. The van der Waals surface area contributed by atoms with E-state index in [-0.39, 0.29) is 30.1 Å². The van der Waals surface area contributed by atoms with Gasteiger partial charge in [0.15, 0.2) is 5.96 Å². The summed E-state index contributed by atoms with van der Waals surface area (Å²) in [4.78, 5) is 4.59. The van der Waals surface area contributed by atoms with E-state index in [1.807, 2.05) is 12.1 Å². The molecule has 24 heavy (non-hydrogen) atoms. The van der Waals surface area contributed by atoms with Gasteiger partial charge in [-0.25, -0.2) is 0 Å². The van der Waals surface area contributed by atoms with Crippen LogP contribution in [0.15, 0.2) is 29.3 Å². The molecule has 1 atom stereocenters. The number of aliphatic imine (C=N–C) groups is 1. The molecule has 0 aromatic heterocycles. The Balaban J connectivity index is 0.00000288. The summed E-state index contributed by atoms with van der Waals surface area (Å²) in [5, 5.41) is 6.61. The van der Waals surface area contributed by atoms with Crippen LogP contribution >= 0.6 is 24.0 Å². The molecule has 5 nitrogen and oxygen atoms in total. The minimum Gasteiger partial charge on any atom is -0.494 e. The highest BCUT2D eigenvalue weighted by atomic mass is 127. The van der Waals surface area contributed by atoms with Gasteiger partial charge >= 0.3 is 0 Å². The molecule has 1 aliphatic rings. The third-order valence-electron chi connectivity index (χ3n) is 3.72. The van der Waals surface area contributed by atoms with E-state index in [2.05, 4.69) is 41.6 Å². The minimum atomic E-state index is 0. The third-order valence-corrected chi connectivity index (χ3v) is 3.72. The van der Waals surface area contributed by atoms with E-state index in [9.17, 15) is 0 Å². The van der Waals surface area contributed by atoms with Crippen LogP contribution in [-0.2, 0) is 4.74 Å². The van der Waals surface area contributed by atoms with Crippen LogP contribution in [0.25, 0.3) is 0 Å². The number of aryl methyl sites for hydroxylation is 1. The van der Waals surface area contributed by atoms with Crippen LogP contribution in [0, 0.1) is 6.92 Å². The molecule has 1 fully saturated rings. The monoisotopic (exact) mass is 447 g/mol. The van der Waals surface area contributed by atoms with Crippen LogP contribution in [0.1, 0.15) is 31.7 Å². The lowest BCUT2D eigenvalue weighted by atomic mass is 10.2. The predicted octanol–water partition coefficient (Wildman–Crippen LogP) is 3.12. The van der Waals surface area contributed by atoms with E-state index >= 15 is 0 Å². The van der Waals surface area contributed by atoms with Crippen molar-refractivity contribution >= 4 is 29.9 Å². The molecular formula is C18H30IN3O2. The van der Waals surface area contributed by atoms with Crippen LogP contribution in [0.2, 0.25) is 0 Å². The van der Waals surface area contributed by atoms with Gasteiger partial charge in [-0.3, -0.25) is 4.99 Å². The molecule has 0 bridgehead atoms. The van der Waals surface area contributed by atoms with E-state index in [1.54, 1.807) is 0 Å². The van der Waals surface area contributed by atoms with Gasteiger partial charge in [0.25, 0.3) is 0 Å². The van der Waals surface area contributed by atoms with E-state index in [1.165, 1.54) is 5.56 Å². The molecule has 1 aromatic carbocycles. The lowest BCUT2D eigenvalue weighted by Crippen LogP contribution is -2.38. The molecule has 2 N–H and O–H groups in total. The second-order valence-corrected chi connectivity index (χ2v) is 5.80. The molecule has 2 rings (SSSR count). The highest BCUT2D eigenvalue weighted by Crippen LogP contribution is 2.12. The molecule has 0 spiro atoms. The quantitative estimate of drug-likeness (QED) is 0.278. The average Bonchev–Trinajstić information content (AvgIpc) is 3.07. The Kier molecular flexibility index (Phi) is 10.8. The van der Waals surface area contributed by atoms with Gasteiger partial charge in [-0.05, 0) is 45.2 Å². The minimum absolute atomic E-state index is 0. The van der Waals surface area contributed by atoms with Gasteiger partial charge in [-0.15, -0.1) is 24.0 Å². The van der Waals surface area contributed by atoms with Crippen molar-refractivity contribution in [2.75, 3.05) is 32.8 Å². The molecule has 0 aliphatic carbocycles. The molecular weight excluding hydrogens is 417 g/mol. The van der Waals surface area contributed by atoms with Crippen molar-refractivity contribution < 1.29 is 9.47 Å². The van der Waals surface area contributed by atoms with Crippen molar-refractivity contribution in [3.8, 4) is 5.75 Å². The summed E-state index contributed by atoms with van der Waals surface area (Å²) < 4.78 is 11.3. The fraction of sp³-hybridized carbons (Fsp3) is 0.611. The molecule has 0 amide bonds. The Hall–Kier alpha value is -1.02. The van der Waals surface area contributed by atoms with E-state index in [0.717, 1.165) is 57.2 Å². The fourth-order valence-electron chi connectivity index (χ4n) is 2.43. The van der Waals surface area contributed by atoms with Crippen molar-refractivity contribution in [2.45, 2.75) is 39.2 Å². The van der Waals surface area contributed by atoms with E-state index < -0.39 is 0 Å². The van der Waals surface area contributed by atoms with Crippen molar-refractivity contribution in [3.63, 3.8) is 0 Å². The lowest BCUT2D eigenvalue weighted by molar-refractivity contribution is 0.117. The normalized spacial score (nSPS) is 17.2. The number of halogens is 1. The van der Waals surface area contributed by atoms with Crippen LogP contribution in [0.3, 0.4) is 0 Å². The number of rotatable bonds is 8. The zero-order chi connectivity index (χ0) is 16.3. The Morgan fingerprint density at radius 2 is 2.08 bits per heavy atom. The van der Waals surface area contributed by atoms with Crippen LogP contribution in [0.4, 0.5) is 0 Å². The van der Waals surface area contributed by atoms with Crippen molar-refractivity contribution in [1.82, 2.24) is 10.6 Å². The Labute approximate surface area is 162 Å². The zero-order valence-electron chi connectivity index (χ0n) is 14.7. The number of hydrogen-bond acceptors (Lipinski definition) is 3. The van der Waals surface area contributed by atoms with Crippen LogP contribution in [-0.4, -0.2) is 44.9 Å². The fourth-order valence-corrected chi connectivity index (χ4v) is 2.43. The number of guanidine groups is 1. The topological polar surface area (TPSA) is 54.9 Å². The second kappa shape index (κ2) is 12.4. The number of nitrogens with zero attached hydrogens (tertiary/aromatic N) is 1. The number of benzene rings is 1. The zero-order valence-corrected chi connectivity index (χ0v) is 17.0. The Bertz CT molecular complexity index is 474. The van der Waals surface area contributed by atoms with Crippen LogP contribution in [0.5, 0.6) is 5.75 Å². The summed E-state index contributed by atoms with van der Waals surface area (Å²) in [7, 11) is 0. The molecule has 6 heteroatoms. The maximum Gasteiger partial charge on any atom is 0.191 e. The molecule has 136 valence electrons. The van der Waals surface area contributed by atoms with Crippen molar-refractivity contribution in [2.24, 2.45) is 4.99 Å². The van der Waals surface area contributed by atoms with Crippen molar-refractivity contribution in [3.05, 3.63) is 29.8 Å². The standard InChI is InChI=1S/C18H29N3O2.HI/c1-3-19-18(21-14-17-6-4-12-23-17)20-11-5-13-22-16-9-7-15(2)8-10-16;/h7-10,17H,3-6,11-14H2,1-2H3,(H2,19,20,21);1H. The lowest BCUT2D eigenvalue weighted by Gasteiger charge is -2.13. The van der Waals surface area contributed by atoms with Gasteiger partial charge in [-0.1, -0.05) is 17.7 Å². The molecule has 1 aromatic rings. The largest absolute Gasteiger partial charge is 0.494 e. The summed E-state index contributed by atoms with van der Waals surface area (Å²) in [6, 6.07) is 8.15. The van der Waals surface area contributed by atoms with E-state index in [0.29, 0.717) is 6.61 Å². The maximum atomic E-state index is 5.72. The highest BCUT2D eigenvalue weighted by Gasteiger charge is 2.14. The van der Waals surface area contributed by atoms with Gasteiger partial charge in [0, 0.05) is 19.7 Å². The summed E-state index contributed by atoms with van der Waals surface area (Å²) in [5.74, 6) is 1.79.